The lowest BCUT2D eigenvalue weighted by Crippen LogP contribution is -2.17. The van der Waals surface area contributed by atoms with Crippen molar-refractivity contribution < 1.29 is 8.42 Å². The van der Waals surface area contributed by atoms with E-state index in [9.17, 15) is 8.42 Å². The first-order chi connectivity index (χ1) is 8.08. The molecular weight excluding hydrogens is 236 g/mol. The molecule has 0 N–H and O–H groups in total. The summed E-state index contributed by atoms with van der Waals surface area (Å²) in [5.74, 6) is 0. The summed E-state index contributed by atoms with van der Waals surface area (Å²) in [6.07, 6.45) is 3.66. The topological polar surface area (TPSA) is 49.7 Å². The minimum atomic E-state index is -3.54. The average Bonchev–Trinajstić information content (AvgIpc) is 2.80. The van der Waals surface area contributed by atoms with E-state index >= 15 is 0 Å². The molecule has 1 fully saturated rings. The van der Waals surface area contributed by atoms with E-state index in [1.165, 1.54) is 6.34 Å². The van der Waals surface area contributed by atoms with Gasteiger partial charge in [0.1, 0.15) is 6.34 Å². The monoisotopic (exact) mass is 252 g/mol. The van der Waals surface area contributed by atoms with Gasteiger partial charge in [-0.2, -0.15) is 8.42 Å². The number of nitrogens with zero attached hydrogens (tertiary/aromatic N) is 2. The van der Waals surface area contributed by atoms with Crippen LogP contribution in [0, 0.1) is 6.92 Å². The van der Waals surface area contributed by atoms with Crippen LogP contribution in [-0.2, 0) is 10.0 Å². The minimum absolute atomic E-state index is 0.249. The van der Waals surface area contributed by atoms with Crippen molar-refractivity contribution in [2.75, 3.05) is 13.1 Å². The van der Waals surface area contributed by atoms with Gasteiger partial charge in [-0.3, -0.25) is 0 Å². The van der Waals surface area contributed by atoms with E-state index < -0.39 is 10.0 Å². The van der Waals surface area contributed by atoms with Crippen molar-refractivity contribution in [1.29, 1.82) is 0 Å². The molecule has 5 heteroatoms. The highest BCUT2D eigenvalue weighted by atomic mass is 32.2. The molecule has 0 bridgehead atoms. The zero-order valence-corrected chi connectivity index (χ0v) is 10.7. The first-order valence-corrected chi connectivity index (χ1v) is 7.13. The first-order valence-electron chi connectivity index (χ1n) is 5.69. The molecule has 1 aliphatic rings. The van der Waals surface area contributed by atoms with E-state index in [0.29, 0.717) is 0 Å². The highest BCUT2D eigenvalue weighted by Gasteiger charge is 2.13. The smallest absolute Gasteiger partial charge is 0.283 e. The fourth-order valence-electron chi connectivity index (χ4n) is 1.76. The quantitative estimate of drug-likeness (QED) is 0.609. The van der Waals surface area contributed by atoms with Crippen molar-refractivity contribution in [3.05, 3.63) is 29.8 Å². The highest BCUT2D eigenvalue weighted by Crippen LogP contribution is 2.13. The molecule has 2 rings (SSSR count). The molecule has 1 aromatic carbocycles. The normalized spacial score (nSPS) is 16.9. The van der Waals surface area contributed by atoms with Crippen molar-refractivity contribution in [1.82, 2.24) is 4.90 Å². The Balaban J connectivity index is 2.15. The molecule has 0 amide bonds. The number of likely N-dealkylation sites (tertiary alicyclic amines) is 1. The molecule has 1 aliphatic heterocycles. The lowest BCUT2D eigenvalue weighted by Gasteiger charge is -2.08. The summed E-state index contributed by atoms with van der Waals surface area (Å²) in [7, 11) is -3.54. The van der Waals surface area contributed by atoms with Crippen LogP contribution in [0.1, 0.15) is 18.4 Å². The van der Waals surface area contributed by atoms with Gasteiger partial charge >= 0.3 is 0 Å². The minimum Gasteiger partial charge on any atom is -0.362 e. The zero-order chi connectivity index (χ0) is 12.3. The Labute approximate surface area is 102 Å². The zero-order valence-electron chi connectivity index (χ0n) is 9.83. The van der Waals surface area contributed by atoms with Crippen molar-refractivity contribution >= 4 is 16.4 Å². The maximum atomic E-state index is 11.9. The van der Waals surface area contributed by atoms with Gasteiger partial charge in [0.2, 0.25) is 0 Å². The van der Waals surface area contributed by atoms with Gasteiger partial charge in [-0.15, -0.1) is 4.40 Å². The van der Waals surface area contributed by atoms with Gasteiger partial charge in [0, 0.05) is 13.1 Å². The van der Waals surface area contributed by atoms with Crippen molar-refractivity contribution in [2.24, 2.45) is 4.40 Å². The van der Waals surface area contributed by atoms with Crippen LogP contribution in [0.3, 0.4) is 0 Å². The van der Waals surface area contributed by atoms with Gasteiger partial charge in [0.25, 0.3) is 10.0 Å². The largest absolute Gasteiger partial charge is 0.362 e. The van der Waals surface area contributed by atoms with Crippen molar-refractivity contribution in [2.45, 2.75) is 24.7 Å². The summed E-state index contributed by atoms with van der Waals surface area (Å²) in [5.41, 5.74) is 1.03. The van der Waals surface area contributed by atoms with Crippen LogP contribution in [0.25, 0.3) is 0 Å². The van der Waals surface area contributed by atoms with Gasteiger partial charge in [0.15, 0.2) is 0 Å². The van der Waals surface area contributed by atoms with E-state index in [-0.39, 0.29) is 4.90 Å². The summed E-state index contributed by atoms with van der Waals surface area (Å²) in [4.78, 5) is 2.18. The van der Waals surface area contributed by atoms with Gasteiger partial charge in [-0.05, 0) is 31.9 Å². The summed E-state index contributed by atoms with van der Waals surface area (Å²) in [5, 5.41) is 0. The summed E-state index contributed by atoms with van der Waals surface area (Å²) in [6, 6.07) is 6.73. The van der Waals surface area contributed by atoms with Gasteiger partial charge in [-0.25, -0.2) is 0 Å². The lowest BCUT2D eigenvalue weighted by atomic mass is 10.2. The number of hydrogen-bond acceptors (Lipinski definition) is 2. The molecule has 0 atom stereocenters. The van der Waals surface area contributed by atoms with Crippen LogP contribution in [-0.4, -0.2) is 32.7 Å². The molecule has 0 unspecified atom stereocenters. The Hall–Kier alpha value is -1.36. The SMILES string of the molecule is Cc1ccc(S(=O)(=O)N=CN2CCCC2)cc1. The molecule has 17 heavy (non-hydrogen) atoms. The Morgan fingerprint density at radius 1 is 1.18 bits per heavy atom. The second kappa shape index (κ2) is 4.87. The third-order valence-corrected chi connectivity index (χ3v) is 4.05. The highest BCUT2D eigenvalue weighted by molar-refractivity contribution is 7.90. The van der Waals surface area contributed by atoms with Crippen LogP contribution < -0.4 is 0 Å². The number of hydrogen-bond donors (Lipinski definition) is 0. The van der Waals surface area contributed by atoms with Gasteiger partial charge in [-0.1, -0.05) is 17.7 Å². The predicted octanol–water partition coefficient (Wildman–Crippen LogP) is 1.81. The van der Waals surface area contributed by atoms with E-state index in [2.05, 4.69) is 4.40 Å². The molecule has 4 nitrogen and oxygen atoms in total. The van der Waals surface area contributed by atoms with E-state index in [1.807, 2.05) is 11.8 Å². The lowest BCUT2D eigenvalue weighted by molar-refractivity contribution is 0.535. The van der Waals surface area contributed by atoms with E-state index in [1.54, 1.807) is 24.3 Å². The molecule has 0 radical (unpaired) electrons. The third-order valence-electron chi connectivity index (χ3n) is 2.81. The van der Waals surface area contributed by atoms with Crippen LogP contribution in [0.5, 0.6) is 0 Å². The number of rotatable bonds is 3. The second-order valence-electron chi connectivity index (χ2n) is 4.25. The molecule has 0 saturated carbocycles. The Kier molecular flexibility index (Phi) is 3.47. The van der Waals surface area contributed by atoms with Crippen LogP contribution in [0.15, 0.2) is 33.6 Å². The second-order valence-corrected chi connectivity index (χ2v) is 5.88. The molecular formula is C12H16N2O2S. The first kappa shape index (κ1) is 12.1. The van der Waals surface area contributed by atoms with Crippen molar-refractivity contribution in [3.63, 3.8) is 0 Å². The molecule has 0 aromatic heterocycles. The third kappa shape index (κ3) is 3.06. The summed E-state index contributed by atoms with van der Waals surface area (Å²) < 4.78 is 27.5. The molecule has 92 valence electrons. The molecule has 1 aromatic rings. The van der Waals surface area contributed by atoms with E-state index in [0.717, 1.165) is 31.5 Å². The molecule has 1 heterocycles. The summed E-state index contributed by atoms with van der Waals surface area (Å²) >= 11 is 0. The number of sulfonamides is 1. The fourth-order valence-corrected chi connectivity index (χ4v) is 2.62. The van der Waals surface area contributed by atoms with Gasteiger partial charge in [0.05, 0.1) is 4.90 Å². The van der Waals surface area contributed by atoms with Crippen LogP contribution in [0.4, 0.5) is 0 Å². The Bertz CT molecular complexity index is 500. The maximum absolute atomic E-state index is 11.9. The number of aryl methyl sites for hydroxylation is 1. The Morgan fingerprint density at radius 2 is 1.76 bits per heavy atom. The van der Waals surface area contributed by atoms with E-state index in [4.69, 9.17) is 0 Å². The van der Waals surface area contributed by atoms with Crippen molar-refractivity contribution in [3.8, 4) is 0 Å². The predicted molar refractivity (Wildman–Crippen MR) is 67.7 cm³/mol. The Morgan fingerprint density at radius 3 is 2.35 bits per heavy atom. The fraction of sp³-hybridized carbons (Fsp3) is 0.417. The standard InChI is InChI=1S/C12H16N2O2S/c1-11-4-6-12(7-5-11)17(15,16)13-10-14-8-2-3-9-14/h4-7,10H,2-3,8-9H2,1H3. The average molecular weight is 252 g/mol. The maximum Gasteiger partial charge on any atom is 0.283 e. The number of benzene rings is 1. The van der Waals surface area contributed by atoms with Crippen LogP contribution in [0.2, 0.25) is 0 Å². The summed E-state index contributed by atoms with van der Waals surface area (Å²) in [6.45, 7) is 3.71. The van der Waals surface area contributed by atoms with Crippen LogP contribution >= 0.6 is 0 Å². The molecule has 0 spiro atoms. The molecule has 1 saturated heterocycles. The molecule has 0 aliphatic carbocycles. The van der Waals surface area contributed by atoms with Gasteiger partial charge < -0.3 is 4.90 Å².